The minimum Gasteiger partial charge on any atom is -0.455 e. The predicted molar refractivity (Wildman–Crippen MR) is 114 cm³/mol. The molecule has 0 bridgehead atoms. The number of aryl methyl sites for hydroxylation is 1. The van der Waals surface area contributed by atoms with Crippen LogP contribution in [0, 0.1) is 13.7 Å². The Kier molecular flexibility index (Phi) is 6.06. The van der Waals surface area contributed by atoms with E-state index in [4.69, 9.17) is 27.9 Å². The van der Waals surface area contributed by atoms with E-state index in [9.17, 15) is 14.9 Å². The van der Waals surface area contributed by atoms with Crippen LogP contribution in [0.4, 0.5) is 11.4 Å². The van der Waals surface area contributed by atoms with Crippen molar-refractivity contribution >= 4 is 63.1 Å². The largest absolute Gasteiger partial charge is 0.455 e. The predicted octanol–water partition coefficient (Wildman–Crippen LogP) is 5.28. The number of nitrogens with zero attached hydrogens (tertiary/aromatic N) is 3. The average Bonchev–Trinajstić information content (AvgIpc) is 2.95. The SMILES string of the molecule is Cn1cc(I)c(C(=O)Nc2cc(Oc3ccc(Cl)cc3Cl)cc([N+](=O)[O-])c2)n1. The lowest BCUT2D eigenvalue weighted by Gasteiger charge is -2.10. The molecule has 1 amide bonds. The number of hydrogen-bond donors (Lipinski definition) is 1. The van der Waals surface area contributed by atoms with Crippen molar-refractivity contribution in [2.24, 2.45) is 7.05 Å². The fraction of sp³-hybridized carbons (Fsp3) is 0.0588. The Morgan fingerprint density at radius 3 is 2.64 bits per heavy atom. The highest BCUT2D eigenvalue weighted by molar-refractivity contribution is 14.1. The van der Waals surface area contributed by atoms with Gasteiger partial charge < -0.3 is 10.1 Å². The first-order valence-corrected chi connectivity index (χ1v) is 9.49. The normalized spacial score (nSPS) is 10.6. The number of carbonyl (C=O) groups excluding carboxylic acids is 1. The van der Waals surface area contributed by atoms with Gasteiger partial charge in [-0.3, -0.25) is 19.6 Å². The molecule has 28 heavy (non-hydrogen) atoms. The van der Waals surface area contributed by atoms with Gasteiger partial charge in [0.1, 0.15) is 11.5 Å². The number of non-ortho nitro benzene ring substituents is 1. The molecule has 0 saturated carbocycles. The van der Waals surface area contributed by atoms with E-state index in [1.807, 2.05) is 22.6 Å². The number of nitro groups is 1. The van der Waals surface area contributed by atoms with E-state index in [-0.39, 0.29) is 33.6 Å². The van der Waals surface area contributed by atoms with Crippen LogP contribution in [0.15, 0.2) is 42.6 Å². The van der Waals surface area contributed by atoms with E-state index in [0.717, 1.165) is 0 Å². The van der Waals surface area contributed by atoms with Gasteiger partial charge in [0.05, 0.1) is 25.3 Å². The van der Waals surface area contributed by atoms with Gasteiger partial charge >= 0.3 is 0 Å². The molecule has 1 heterocycles. The summed E-state index contributed by atoms with van der Waals surface area (Å²) < 4.78 is 7.79. The van der Waals surface area contributed by atoms with Crippen LogP contribution in [0.5, 0.6) is 11.5 Å². The number of aromatic nitrogens is 2. The Morgan fingerprint density at radius 1 is 1.29 bits per heavy atom. The van der Waals surface area contributed by atoms with E-state index < -0.39 is 10.8 Å². The van der Waals surface area contributed by atoms with Crippen molar-refractivity contribution in [2.45, 2.75) is 0 Å². The summed E-state index contributed by atoms with van der Waals surface area (Å²) in [5.74, 6) is -0.103. The van der Waals surface area contributed by atoms with E-state index >= 15 is 0 Å². The summed E-state index contributed by atoms with van der Waals surface area (Å²) in [6.07, 6.45) is 1.68. The third-order valence-corrected chi connectivity index (χ3v) is 4.80. The highest BCUT2D eigenvalue weighted by atomic mass is 127. The second-order valence-electron chi connectivity index (χ2n) is 5.60. The molecule has 0 fully saturated rings. The fourth-order valence-corrected chi connectivity index (χ4v) is 3.51. The summed E-state index contributed by atoms with van der Waals surface area (Å²) in [6.45, 7) is 0. The zero-order chi connectivity index (χ0) is 20.4. The summed E-state index contributed by atoms with van der Waals surface area (Å²) in [5.41, 5.74) is 0.132. The van der Waals surface area contributed by atoms with Crippen LogP contribution in [0.25, 0.3) is 0 Å². The van der Waals surface area contributed by atoms with E-state index in [1.165, 1.54) is 35.0 Å². The standard InChI is InChI=1S/C17H11Cl2IN4O4/c1-23-8-14(20)16(22-23)17(25)21-10-5-11(24(26)27)7-12(6-10)28-15-3-2-9(18)4-13(15)19/h2-8H,1H3,(H,21,25). The lowest BCUT2D eigenvalue weighted by Crippen LogP contribution is -2.14. The molecule has 0 aliphatic heterocycles. The van der Waals surface area contributed by atoms with E-state index in [0.29, 0.717) is 8.59 Å². The summed E-state index contributed by atoms with van der Waals surface area (Å²) >= 11 is 13.9. The smallest absolute Gasteiger partial charge is 0.277 e. The second-order valence-corrected chi connectivity index (χ2v) is 7.61. The topological polar surface area (TPSA) is 99.3 Å². The van der Waals surface area contributed by atoms with Gasteiger partial charge in [-0.2, -0.15) is 5.10 Å². The molecule has 11 heteroatoms. The van der Waals surface area contributed by atoms with Gasteiger partial charge in [-0.25, -0.2) is 0 Å². The summed E-state index contributed by atoms with van der Waals surface area (Å²) in [6, 6.07) is 8.51. The molecule has 3 aromatic rings. The van der Waals surface area contributed by atoms with Crippen LogP contribution in [-0.4, -0.2) is 20.6 Å². The molecule has 8 nitrogen and oxygen atoms in total. The molecule has 2 aromatic carbocycles. The van der Waals surface area contributed by atoms with Gasteiger partial charge in [0, 0.05) is 30.4 Å². The van der Waals surface area contributed by atoms with Crippen LogP contribution in [0.3, 0.4) is 0 Å². The quantitative estimate of drug-likeness (QED) is 0.273. The van der Waals surface area contributed by atoms with Crippen LogP contribution >= 0.6 is 45.8 Å². The number of halogens is 3. The number of ether oxygens (including phenoxy) is 1. The fourth-order valence-electron chi connectivity index (χ4n) is 2.31. The number of nitro benzene ring substituents is 1. The number of rotatable bonds is 5. The molecule has 0 aliphatic carbocycles. The summed E-state index contributed by atoms with van der Waals surface area (Å²) in [5, 5.41) is 18.6. The van der Waals surface area contributed by atoms with Gasteiger partial charge in [0.15, 0.2) is 5.69 Å². The number of nitrogens with one attached hydrogen (secondary N) is 1. The Bertz CT molecular complexity index is 1090. The maximum atomic E-state index is 12.5. The summed E-state index contributed by atoms with van der Waals surface area (Å²) in [7, 11) is 1.69. The number of hydrogen-bond acceptors (Lipinski definition) is 5. The molecule has 1 aromatic heterocycles. The molecule has 1 N–H and O–H groups in total. The van der Waals surface area contributed by atoms with Crippen LogP contribution in [0.1, 0.15) is 10.5 Å². The molecule has 144 valence electrons. The van der Waals surface area contributed by atoms with Crippen molar-refractivity contribution in [1.29, 1.82) is 0 Å². The minimum atomic E-state index is -0.587. The van der Waals surface area contributed by atoms with Crippen LogP contribution < -0.4 is 10.1 Å². The Balaban J connectivity index is 1.92. The monoisotopic (exact) mass is 532 g/mol. The van der Waals surface area contributed by atoms with Crippen molar-refractivity contribution in [3.8, 4) is 11.5 Å². The number of anilines is 1. The first kappa shape index (κ1) is 20.4. The Morgan fingerprint density at radius 2 is 2.04 bits per heavy atom. The van der Waals surface area contributed by atoms with Gasteiger partial charge in [0.2, 0.25) is 0 Å². The van der Waals surface area contributed by atoms with Crippen molar-refractivity contribution in [2.75, 3.05) is 5.32 Å². The zero-order valence-corrected chi connectivity index (χ0v) is 17.8. The highest BCUT2D eigenvalue weighted by Crippen LogP contribution is 2.34. The number of carbonyl (C=O) groups is 1. The second kappa shape index (κ2) is 8.33. The molecular weight excluding hydrogens is 522 g/mol. The minimum absolute atomic E-state index is 0.129. The molecule has 0 aliphatic rings. The lowest BCUT2D eigenvalue weighted by atomic mass is 10.2. The van der Waals surface area contributed by atoms with Crippen molar-refractivity contribution in [3.05, 3.63) is 72.0 Å². The maximum absolute atomic E-state index is 12.5. The first-order chi connectivity index (χ1) is 13.2. The van der Waals surface area contributed by atoms with Gasteiger partial charge in [0.25, 0.3) is 11.6 Å². The molecule has 0 unspecified atom stereocenters. The lowest BCUT2D eigenvalue weighted by molar-refractivity contribution is -0.384. The molecule has 0 spiro atoms. The van der Waals surface area contributed by atoms with Crippen molar-refractivity contribution < 1.29 is 14.5 Å². The summed E-state index contributed by atoms with van der Waals surface area (Å²) in [4.78, 5) is 23.1. The molecular formula is C17H11Cl2IN4O4. The van der Waals surface area contributed by atoms with Crippen molar-refractivity contribution in [3.63, 3.8) is 0 Å². The third-order valence-electron chi connectivity index (χ3n) is 3.48. The molecule has 0 radical (unpaired) electrons. The molecule has 3 rings (SSSR count). The highest BCUT2D eigenvalue weighted by Gasteiger charge is 2.18. The van der Waals surface area contributed by atoms with Crippen molar-refractivity contribution in [1.82, 2.24) is 9.78 Å². The maximum Gasteiger partial charge on any atom is 0.277 e. The zero-order valence-electron chi connectivity index (χ0n) is 14.1. The van der Waals surface area contributed by atoms with Crippen LogP contribution in [0.2, 0.25) is 10.0 Å². The number of benzene rings is 2. The van der Waals surface area contributed by atoms with E-state index in [2.05, 4.69) is 10.4 Å². The van der Waals surface area contributed by atoms with Gasteiger partial charge in [-0.1, -0.05) is 23.2 Å². The third kappa shape index (κ3) is 4.72. The molecule has 0 atom stereocenters. The molecule has 0 saturated heterocycles. The van der Waals surface area contributed by atoms with Gasteiger partial charge in [-0.15, -0.1) is 0 Å². The first-order valence-electron chi connectivity index (χ1n) is 7.66. The van der Waals surface area contributed by atoms with Crippen LogP contribution in [-0.2, 0) is 7.05 Å². The Hall–Kier alpha value is -2.37. The van der Waals surface area contributed by atoms with Gasteiger partial charge in [-0.05, 0) is 40.8 Å². The average molecular weight is 533 g/mol. The Labute approximate surface area is 182 Å². The van der Waals surface area contributed by atoms with E-state index in [1.54, 1.807) is 19.3 Å². The number of amides is 1.